The summed E-state index contributed by atoms with van der Waals surface area (Å²) in [7, 11) is 1.64. The fourth-order valence-corrected chi connectivity index (χ4v) is 2.48. The van der Waals surface area contributed by atoms with E-state index in [2.05, 4.69) is 10.3 Å². The highest BCUT2D eigenvalue weighted by Gasteiger charge is 2.15. The lowest BCUT2D eigenvalue weighted by atomic mass is 10.0. The van der Waals surface area contributed by atoms with Crippen LogP contribution in [-0.4, -0.2) is 39.2 Å². The summed E-state index contributed by atoms with van der Waals surface area (Å²) in [5.41, 5.74) is 2.87. The van der Waals surface area contributed by atoms with Gasteiger partial charge in [0.15, 0.2) is 0 Å². The van der Waals surface area contributed by atoms with Crippen molar-refractivity contribution in [2.24, 2.45) is 4.99 Å². The van der Waals surface area contributed by atoms with E-state index in [-0.39, 0.29) is 5.82 Å². The smallest absolute Gasteiger partial charge is 0.132 e. The summed E-state index contributed by atoms with van der Waals surface area (Å²) in [5, 5.41) is 3.27. The Kier molecular flexibility index (Phi) is 4.88. The van der Waals surface area contributed by atoms with Crippen molar-refractivity contribution in [3.63, 3.8) is 0 Å². The highest BCUT2D eigenvalue weighted by atomic mass is 19.1. The van der Waals surface area contributed by atoms with Gasteiger partial charge in [-0.2, -0.15) is 0 Å². The third-order valence-electron chi connectivity index (χ3n) is 3.63. The molecular weight excluding hydrogens is 295 g/mol. The number of hydrogen-bond donors (Lipinski definition) is 1. The zero-order valence-corrected chi connectivity index (χ0v) is 13.0. The Balaban J connectivity index is 1.93. The van der Waals surface area contributed by atoms with E-state index < -0.39 is 0 Å². The molecule has 0 fully saturated rings. The molecule has 0 saturated carbocycles. The topological polar surface area (TPSA) is 42.9 Å². The van der Waals surface area contributed by atoms with E-state index in [1.54, 1.807) is 19.2 Å². The maximum atomic E-state index is 13.1. The summed E-state index contributed by atoms with van der Waals surface area (Å²) < 4.78 is 23.9. The molecule has 0 spiro atoms. The minimum Gasteiger partial charge on any atom is -0.490 e. The fourth-order valence-electron chi connectivity index (χ4n) is 2.48. The van der Waals surface area contributed by atoms with E-state index in [4.69, 9.17) is 9.47 Å². The SMILES string of the molecule is COCCOc1ccc(-c2ccc(F)cc2)cc1C1=NCCN1. The first-order valence-electron chi connectivity index (χ1n) is 7.58. The van der Waals surface area contributed by atoms with Crippen molar-refractivity contribution in [1.82, 2.24) is 5.32 Å². The number of aliphatic imine (C=N–C) groups is 1. The van der Waals surface area contributed by atoms with Crippen LogP contribution in [0.15, 0.2) is 47.5 Å². The average Bonchev–Trinajstić information content (AvgIpc) is 3.10. The minimum absolute atomic E-state index is 0.240. The first kappa shape index (κ1) is 15.5. The zero-order valence-electron chi connectivity index (χ0n) is 13.0. The lowest BCUT2D eigenvalue weighted by Gasteiger charge is -2.14. The molecule has 0 unspecified atom stereocenters. The largest absolute Gasteiger partial charge is 0.490 e. The van der Waals surface area contributed by atoms with E-state index >= 15 is 0 Å². The quantitative estimate of drug-likeness (QED) is 0.834. The van der Waals surface area contributed by atoms with Gasteiger partial charge < -0.3 is 14.8 Å². The van der Waals surface area contributed by atoms with Crippen molar-refractivity contribution >= 4 is 5.84 Å². The molecule has 2 aromatic carbocycles. The van der Waals surface area contributed by atoms with Gasteiger partial charge in [0.05, 0.1) is 18.7 Å². The first-order valence-corrected chi connectivity index (χ1v) is 7.58. The molecule has 1 aliphatic heterocycles. The number of halogens is 1. The van der Waals surface area contributed by atoms with Gasteiger partial charge in [-0.15, -0.1) is 0 Å². The minimum atomic E-state index is -0.240. The molecule has 0 radical (unpaired) electrons. The number of hydrogen-bond acceptors (Lipinski definition) is 4. The van der Waals surface area contributed by atoms with Crippen molar-refractivity contribution in [1.29, 1.82) is 0 Å². The van der Waals surface area contributed by atoms with Crippen LogP contribution in [0, 0.1) is 5.82 Å². The highest BCUT2D eigenvalue weighted by Crippen LogP contribution is 2.28. The molecule has 120 valence electrons. The second-order valence-corrected chi connectivity index (χ2v) is 5.22. The second-order valence-electron chi connectivity index (χ2n) is 5.22. The van der Waals surface area contributed by atoms with Gasteiger partial charge in [-0.1, -0.05) is 18.2 Å². The molecule has 1 aliphatic rings. The number of ether oxygens (including phenoxy) is 2. The van der Waals surface area contributed by atoms with E-state index in [0.29, 0.717) is 13.2 Å². The third kappa shape index (κ3) is 3.68. The molecule has 3 rings (SSSR count). The Morgan fingerprint density at radius 2 is 1.87 bits per heavy atom. The standard InChI is InChI=1S/C18H19FN2O2/c1-22-10-11-23-17-7-4-14(13-2-5-15(19)6-3-13)12-16(17)18-20-8-9-21-18/h2-7,12H,8-11H2,1H3,(H,20,21). The van der Waals surface area contributed by atoms with Crippen LogP contribution in [0.1, 0.15) is 5.56 Å². The van der Waals surface area contributed by atoms with Gasteiger partial charge in [-0.05, 0) is 35.4 Å². The predicted octanol–water partition coefficient (Wildman–Crippen LogP) is 2.87. The zero-order chi connectivity index (χ0) is 16.1. The Hall–Kier alpha value is -2.40. The summed E-state index contributed by atoms with van der Waals surface area (Å²) >= 11 is 0. The van der Waals surface area contributed by atoms with E-state index in [1.165, 1.54) is 12.1 Å². The van der Waals surface area contributed by atoms with Crippen LogP contribution in [0.3, 0.4) is 0 Å². The Labute approximate surface area is 135 Å². The Morgan fingerprint density at radius 3 is 2.57 bits per heavy atom. The average molecular weight is 314 g/mol. The van der Waals surface area contributed by atoms with Crippen LogP contribution in [0.25, 0.3) is 11.1 Å². The van der Waals surface area contributed by atoms with Crippen LogP contribution in [0.4, 0.5) is 4.39 Å². The van der Waals surface area contributed by atoms with Gasteiger partial charge in [0.1, 0.15) is 24.0 Å². The summed E-state index contributed by atoms with van der Waals surface area (Å²) in [6.07, 6.45) is 0. The van der Waals surface area contributed by atoms with Crippen molar-refractivity contribution < 1.29 is 13.9 Å². The van der Waals surface area contributed by atoms with Crippen LogP contribution in [0.5, 0.6) is 5.75 Å². The van der Waals surface area contributed by atoms with Crippen molar-refractivity contribution in [2.45, 2.75) is 0 Å². The van der Waals surface area contributed by atoms with Gasteiger partial charge in [0.25, 0.3) is 0 Å². The molecule has 2 aromatic rings. The lowest BCUT2D eigenvalue weighted by Crippen LogP contribution is -2.20. The van der Waals surface area contributed by atoms with Gasteiger partial charge in [0.2, 0.25) is 0 Å². The normalized spacial score (nSPS) is 13.6. The van der Waals surface area contributed by atoms with Crippen molar-refractivity contribution in [3.05, 3.63) is 53.8 Å². The lowest BCUT2D eigenvalue weighted by molar-refractivity contribution is 0.146. The third-order valence-corrected chi connectivity index (χ3v) is 3.63. The van der Waals surface area contributed by atoms with Gasteiger partial charge in [0, 0.05) is 13.7 Å². The van der Waals surface area contributed by atoms with Gasteiger partial charge in [-0.25, -0.2) is 4.39 Å². The van der Waals surface area contributed by atoms with Gasteiger partial charge >= 0.3 is 0 Å². The van der Waals surface area contributed by atoms with E-state index in [0.717, 1.165) is 41.4 Å². The summed E-state index contributed by atoms with van der Waals surface area (Å²) in [6, 6.07) is 12.4. The summed E-state index contributed by atoms with van der Waals surface area (Å²) in [6.45, 7) is 2.59. The van der Waals surface area contributed by atoms with Gasteiger partial charge in [-0.3, -0.25) is 4.99 Å². The number of rotatable bonds is 6. The molecule has 23 heavy (non-hydrogen) atoms. The predicted molar refractivity (Wildman–Crippen MR) is 88.6 cm³/mol. The van der Waals surface area contributed by atoms with E-state index in [1.807, 2.05) is 18.2 Å². The van der Waals surface area contributed by atoms with Crippen LogP contribution in [0.2, 0.25) is 0 Å². The first-order chi connectivity index (χ1) is 11.3. The number of methoxy groups -OCH3 is 1. The number of benzene rings is 2. The number of nitrogens with zero attached hydrogens (tertiary/aromatic N) is 1. The Morgan fingerprint density at radius 1 is 1.09 bits per heavy atom. The molecule has 0 amide bonds. The maximum Gasteiger partial charge on any atom is 0.132 e. The molecule has 0 bridgehead atoms. The molecule has 0 saturated heterocycles. The second kappa shape index (κ2) is 7.24. The van der Waals surface area contributed by atoms with Crippen LogP contribution >= 0.6 is 0 Å². The molecule has 4 nitrogen and oxygen atoms in total. The molecule has 5 heteroatoms. The molecule has 1 heterocycles. The Bertz CT molecular complexity index is 699. The fraction of sp³-hybridized carbons (Fsp3) is 0.278. The van der Waals surface area contributed by atoms with Crippen molar-refractivity contribution in [2.75, 3.05) is 33.4 Å². The highest BCUT2D eigenvalue weighted by molar-refractivity contribution is 6.03. The number of nitrogens with one attached hydrogen (secondary N) is 1. The molecule has 0 atom stereocenters. The van der Waals surface area contributed by atoms with E-state index in [9.17, 15) is 4.39 Å². The van der Waals surface area contributed by atoms with Crippen LogP contribution in [-0.2, 0) is 4.74 Å². The number of amidine groups is 1. The monoisotopic (exact) mass is 314 g/mol. The van der Waals surface area contributed by atoms with Crippen LogP contribution < -0.4 is 10.1 Å². The maximum absolute atomic E-state index is 13.1. The molecule has 0 aliphatic carbocycles. The van der Waals surface area contributed by atoms with Crippen molar-refractivity contribution in [3.8, 4) is 16.9 Å². The summed E-state index contributed by atoms with van der Waals surface area (Å²) in [4.78, 5) is 4.48. The molecule has 1 N–H and O–H groups in total. The molecule has 0 aromatic heterocycles. The molecular formula is C18H19FN2O2. The summed E-state index contributed by atoms with van der Waals surface area (Å²) in [5.74, 6) is 1.36.